The summed E-state index contributed by atoms with van der Waals surface area (Å²) in [5.41, 5.74) is 0.747. The third kappa shape index (κ3) is 3.97. The molecule has 1 N–H and O–H groups in total. The van der Waals surface area contributed by atoms with E-state index in [9.17, 15) is 14.9 Å². The molecule has 23 heavy (non-hydrogen) atoms. The number of methoxy groups -OCH3 is 2. The van der Waals surface area contributed by atoms with Gasteiger partial charge in [0.15, 0.2) is 0 Å². The molecule has 2 rings (SSSR count). The molecular weight excluding hydrogens is 300 g/mol. The minimum absolute atomic E-state index is 0.0315. The Morgan fingerprint density at radius 3 is 2.30 bits per heavy atom. The molecule has 0 saturated carbocycles. The number of amides is 1. The summed E-state index contributed by atoms with van der Waals surface area (Å²) in [4.78, 5) is 22.7. The van der Waals surface area contributed by atoms with Gasteiger partial charge in [0, 0.05) is 29.8 Å². The summed E-state index contributed by atoms with van der Waals surface area (Å²) < 4.78 is 10.2. The van der Waals surface area contributed by atoms with E-state index in [2.05, 4.69) is 5.32 Å². The molecule has 0 aliphatic heterocycles. The standard InChI is InChI=1S/C16H16N2O5/c1-22-13-7-12(8-14(9-13)23-2)16(19)17-10-11-5-3-4-6-15(11)18(20)21/h3-9H,10H2,1-2H3,(H,17,19). The number of benzene rings is 2. The molecule has 0 spiro atoms. The van der Waals surface area contributed by atoms with Crippen LogP contribution in [-0.4, -0.2) is 25.1 Å². The van der Waals surface area contributed by atoms with Crippen LogP contribution in [0.2, 0.25) is 0 Å². The van der Waals surface area contributed by atoms with Crippen LogP contribution in [-0.2, 0) is 6.54 Å². The van der Waals surface area contributed by atoms with Crippen LogP contribution in [0.15, 0.2) is 42.5 Å². The summed E-state index contributed by atoms with van der Waals surface area (Å²) in [6.45, 7) is 0.0511. The maximum absolute atomic E-state index is 12.2. The molecule has 0 aliphatic carbocycles. The second-order valence-corrected chi connectivity index (χ2v) is 4.67. The molecule has 7 heteroatoms. The number of hydrogen-bond acceptors (Lipinski definition) is 5. The minimum atomic E-state index is -0.476. The normalized spacial score (nSPS) is 10.0. The number of nitro benzene ring substituents is 1. The van der Waals surface area contributed by atoms with Gasteiger partial charge in [-0.25, -0.2) is 0 Å². The number of nitrogens with zero attached hydrogens (tertiary/aromatic N) is 1. The first kappa shape index (κ1) is 16.3. The van der Waals surface area contributed by atoms with Crippen LogP contribution in [0.1, 0.15) is 15.9 Å². The zero-order valence-corrected chi connectivity index (χ0v) is 12.7. The Morgan fingerprint density at radius 1 is 1.13 bits per heavy atom. The van der Waals surface area contributed by atoms with E-state index in [1.807, 2.05) is 0 Å². The first-order chi connectivity index (χ1) is 11.0. The Kier molecular flexibility index (Phi) is 5.14. The maximum Gasteiger partial charge on any atom is 0.274 e. The lowest BCUT2D eigenvalue weighted by Gasteiger charge is -2.09. The van der Waals surface area contributed by atoms with Gasteiger partial charge in [0.05, 0.1) is 19.1 Å². The van der Waals surface area contributed by atoms with E-state index >= 15 is 0 Å². The van der Waals surface area contributed by atoms with Gasteiger partial charge < -0.3 is 14.8 Å². The van der Waals surface area contributed by atoms with Crippen molar-refractivity contribution in [3.05, 3.63) is 63.7 Å². The number of nitro groups is 1. The fourth-order valence-corrected chi connectivity index (χ4v) is 2.05. The van der Waals surface area contributed by atoms with Crippen molar-refractivity contribution in [3.63, 3.8) is 0 Å². The fourth-order valence-electron chi connectivity index (χ4n) is 2.05. The molecule has 0 saturated heterocycles. The molecule has 0 unspecified atom stereocenters. The molecule has 0 radical (unpaired) electrons. The average Bonchev–Trinajstić information content (AvgIpc) is 2.59. The van der Waals surface area contributed by atoms with E-state index in [4.69, 9.17) is 9.47 Å². The van der Waals surface area contributed by atoms with Crippen molar-refractivity contribution in [1.82, 2.24) is 5.32 Å². The van der Waals surface area contributed by atoms with E-state index in [0.29, 0.717) is 22.6 Å². The second-order valence-electron chi connectivity index (χ2n) is 4.67. The van der Waals surface area contributed by atoms with E-state index in [-0.39, 0.29) is 18.1 Å². The molecule has 0 aliphatic rings. The van der Waals surface area contributed by atoms with Crippen molar-refractivity contribution >= 4 is 11.6 Å². The Morgan fingerprint density at radius 2 is 1.74 bits per heavy atom. The molecule has 1 amide bonds. The van der Waals surface area contributed by atoms with Crippen LogP contribution in [0.3, 0.4) is 0 Å². The molecule has 0 aromatic heterocycles. The highest BCUT2D eigenvalue weighted by molar-refractivity contribution is 5.95. The second kappa shape index (κ2) is 7.26. The van der Waals surface area contributed by atoms with Crippen molar-refractivity contribution in [1.29, 1.82) is 0 Å². The summed E-state index contributed by atoms with van der Waals surface area (Å²) in [6.07, 6.45) is 0. The highest BCUT2D eigenvalue weighted by Gasteiger charge is 2.14. The van der Waals surface area contributed by atoms with Gasteiger partial charge in [-0.2, -0.15) is 0 Å². The molecule has 0 heterocycles. The SMILES string of the molecule is COc1cc(OC)cc(C(=O)NCc2ccccc2[N+](=O)[O-])c1. The van der Waals surface area contributed by atoms with Gasteiger partial charge in [-0.15, -0.1) is 0 Å². The van der Waals surface area contributed by atoms with Crippen LogP contribution in [0.5, 0.6) is 11.5 Å². The zero-order chi connectivity index (χ0) is 16.8. The van der Waals surface area contributed by atoms with E-state index in [0.717, 1.165) is 0 Å². The van der Waals surface area contributed by atoms with Crippen molar-refractivity contribution < 1.29 is 19.2 Å². The number of ether oxygens (including phenoxy) is 2. The quantitative estimate of drug-likeness (QED) is 0.653. The van der Waals surface area contributed by atoms with Crippen LogP contribution in [0.25, 0.3) is 0 Å². The molecule has 2 aromatic carbocycles. The minimum Gasteiger partial charge on any atom is -0.497 e. The lowest BCUT2D eigenvalue weighted by molar-refractivity contribution is -0.385. The number of rotatable bonds is 6. The molecule has 7 nitrogen and oxygen atoms in total. The molecular formula is C16H16N2O5. The number of carbonyl (C=O) groups excluding carboxylic acids is 1. The van der Waals surface area contributed by atoms with Gasteiger partial charge >= 0.3 is 0 Å². The summed E-state index contributed by atoms with van der Waals surface area (Å²) in [7, 11) is 2.98. The summed E-state index contributed by atoms with van der Waals surface area (Å²) in [6, 6.07) is 11.0. The number of para-hydroxylation sites is 1. The highest BCUT2D eigenvalue weighted by atomic mass is 16.6. The van der Waals surface area contributed by atoms with E-state index in [1.165, 1.54) is 20.3 Å². The van der Waals surface area contributed by atoms with Gasteiger partial charge in [-0.3, -0.25) is 14.9 Å². The lowest BCUT2D eigenvalue weighted by Crippen LogP contribution is -2.23. The van der Waals surface area contributed by atoms with Gasteiger partial charge in [0.1, 0.15) is 11.5 Å². The smallest absolute Gasteiger partial charge is 0.274 e. The zero-order valence-electron chi connectivity index (χ0n) is 12.7. The first-order valence-electron chi connectivity index (χ1n) is 6.78. The van der Waals surface area contributed by atoms with Crippen molar-refractivity contribution in [2.24, 2.45) is 0 Å². The first-order valence-corrected chi connectivity index (χ1v) is 6.78. The van der Waals surface area contributed by atoms with Crippen molar-refractivity contribution in [3.8, 4) is 11.5 Å². The third-order valence-corrected chi connectivity index (χ3v) is 3.24. The highest BCUT2D eigenvalue weighted by Crippen LogP contribution is 2.23. The Hall–Kier alpha value is -3.09. The van der Waals surface area contributed by atoms with E-state index < -0.39 is 4.92 Å². The Bertz CT molecular complexity index is 708. The predicted octanol–water partition coefficient (Wildman–Crippen LogP) is 2.54. The van der Waals surface area contributed by atoms with Crippen LogP contribution in [0, 0.1) is 10.1 Å². The Balaban J connectivity index is 2.16. The lowest BCUT2D eigenvalue weighted by atomic mass is 10.1. The monoisotopic (exact) mass is 316 g/mol. The van der Waals surface area contributed by atoms with E-state index in [1.54, 1.807) is 36.4 Å². The topological polar surface area (TPSA) is 90.7 Å². The third-order valence-electron chi connectivity index (χ3n) is 3.24. The fraction of sp³-hybridized carbons (Fsp3) is 0.188. The maximum atomic E-state index is 12.2. The summed E-state index contributed by atoms with van der Waals surface area (Å²) in [5, 5.41) is 13.6. The largest absolute Gasteiger partial charge is 0.497 e. The molecule has 0 bridgehead atoms. The van der Waals surface area contributed by atoms with Gasteiger partial charge in [0.25, 0.3) is 11.6 Å². The molecule has 0 atom stereocenters. The number of carbonyl (C=O) groups is 1. The van der Waals surface area contributed by atoms with Crippen molar-refractivity contribution in [2.45, 2.75) is 6.54 Å². The number of nitrogens with one attached hydrogen (secondary N) is 1. The van der Waals surface area contributed by atoms with Gasteiger partial charge in [-0.05, 0) is 12.1 Å². The predicted molar refractivity (Wildman–Crippen MR) is 83.8 cm³/mol. The van der Waals surface area contributed by atoms with Crippen LogP contribution in [0.4, 0.5) is 5.69 Å². The average molecular weight is 316 g/mol. The summed E-state index contributed by atoms with van der Waals surface area (Å²) in [5.74, 6) is 0.598. The molecule has 2 aromatic rings. The molecule has 0 fully saturated rings. The van der Waals surface area contributed by atoms with Crippen LogP contribution >= 0.6 is 0 Å². The number of hydrogen-bond donors (Lipinski definition) is 1. The summed E-state index contributed by atoms with van der Waals surface area (Å²) >= 11 is 0. The molecule has 120 valence electrons. The Labute approximate surface area is 133 Å². The van der Waals surface area contributed by atoms with Crippen LogP contribution < -0.4 is 14.8 Å². The van der Waals surface area contributed by atoms with Gasteiger partial charge in [-0.1, -0.05) is 18.2 Å². The van der Waals surface area contributed by atoms with Crippen molar-refractivity contribution in [2.75, 3.05) is 14.2 Å². The van der Waals surface area contributed by atoms with Gasteiger partial charge in [0.2, 0.25) is 0 Å².